The van der Waals surface area contributed by atoms with Crippen LogP contribution in [0.3, 0.4) is 0 Å². The van der Waals surface area contributed by atoms with Crippen LogP contribution in [0.5, 0.6) is 0 Å². The lowest BCUT2D eigenvalue weighted by molar-refractivity contribution is 0.0590. The second-order valence-corrected chi connectivity index (χ2v) is 12.0. The van der Waals surface area contributed by atoms with Gasteiger partial charge in [-0.3, -0.25) is 4.98 Å². The maximum atomic E-state index is 14.9. The van der Waals surface area contributed by atoms with Crippen LogP contribution in [0.1, 0.15) is 29.4 Å². The van der Waals surface area contributed by atoms with Crippen LogP contribution in [0.4, 0.5) is 15.8 Å². The van der Waals surface area contributed by atoms with Crippen molar-refractivity contribution in [2.45, 2.75) is 23.8 Å². The molecular weight excluding hydrogens is 377 g/mol. The van der Waals surface area contributed by atoms with Gasteiger partial charge < -0.3 is 14.6 Å². The van der Waals surface area contributed by atoms with Crippen molar-refractivity contribution in [1.82, 2.24) is 9.55 Å². The number of halogens is 1. The highest BCUT2D eigenvalue weighted by atomic mass is 32.3. The van der Waals surface area contributed by atoms with Crippen LogP contribution in [0, 0.1) is 5.82 Å². The fourth-order valence-corrected chi connectivity index (χ4v) is 4.34. The summed E-state index contributed by atoms with van der Waals surface area (Å²) in [5.41, 5.74) is 2.18. The average Bonchev–Trinajstić information content (AvgIpc) is 3.45. The maximum Gasteiger partial charge on any atom is 0.356 e. The Morgan fingerprint density at radius 2 is 2.04 bits per heavy atom. The minimum Gasteiger partial charge on any atom is -0.464 e. The molecule has 4 rings (SSSR count). The predicted octanol–water partition coefficient (Wildman–Crippen LogP) is 5.09. The molecule has 0 amide bonds. The van der Waals surface area contributed by atoms with E-state index in [9.17, 15) is 9.18 Å². The van der Waals surface area contributed by atoms with Crippen LogP contribution in [0.2, 0.25) is 0 Å². The van der Waals surface area contributed by atoms with Crippen molar-refractivity contribution < 1.29 is 13.9 Å². The SMILES string of the molecule is COC(=O)c1c(Nc2ccc(S(C)(C)C)cc2F)c2cnccc2n1C1CC1. The first-order valence-electron chi connectivity index (χ1n) is 9.12. The minimum absolute atomic E-state index is 0.256. The molecule has 0 atom stereocenters. The van der Waals surface area contributed by atoms with E-state index in [0.29, 0.717) is 17.1 Å². The number of ether oxygens (including phenoxy) is 1. The first-order chi connectivity index (χ1) is 13.3. The maximum absolute atomic E-state index is 14.9. The summed E-state index contributed by atoms with van der Waals surface area (Å²) in [4.78, 5) is 17.8. The first-order valence-corrected chi connectivity index (χ1v) is 12.0. The third kappa shape index (κ3) is 3.24. The van der Waals surface area contributed by atoms with Crippen LogP contribution in [0.25, 0.3) is 10.9 Å². The number of hydrogen-bond donors (Lipinski definition) is 1. The Morgan fingerprint density at radius 1 is 1.29 bits per heavy atom. The Bertz CT molecular complexity index is 1070. The number of benzene rings is 1. The van der Waals surface area contributed by atoms with Crippen molar-refractivity contribution >= 4 is 38.3 Å². The van der Waals surface area contributed by atoms with Gasteiger partial charge in [0.15, 0.2) is 5.69 Å². The molecule has 1 N–H and O–H groups in total. The van der Waals surface area contributed by atoms with Crippen LogP contribution >= 0.6 is 10.0 Å². The van der Waals surface area contributed by atoms with E-state index in [1.807, 2.05) is 16.7 Å². The quantitative estimate of drug-likeness (QED) is 0.605. The molecule has 0 bridgehead atoms. The molecule has 3 aromatic rings. The van der Waals surface area contributed by atoms with E-state index in [2.05, 4.69) is 29.1 Å². The van der Waals surface area contributed by atoms with Gasteiger partial charge in [-0.1, -0.05) is 0 Å². The van der Waals surface area contributed by atoms with Gasteiger partial charge in [0.05, 0.1) is 24.0 Å². The number of esters is 1. The summed E-state index contributed by atoms with van der Waals surface area (Å²) in [5, 5.41) is 3.93. The molecular formula is C21H24FN3O2S. The lowest BCUT2D eigenvalue weighted by Gasteiger charge is -2.26. The third-order valence-electron chi connectivity index (χ3n) is 5.00. The number of nitrogens with zero attached hydrogens (tertiary/aromatic N) is 2. The van der Waals surface area contributed by atoms with E-state index in [1.165, 1.54) is 7.11 Å². The summed E-state index contributed by atoms with van der Waals surface area (Å²) in [7, 11) is 0.332. The number of anilines is 2. The van der Waals surface area contributed by atoms with Gasteiger partial charge in [-0.05, 0) is 60.8 Å². The van der Waals surface area contributed by atoms with Crippen molar-refractivity contribution in [3.05, 3.63) is 48.2 Å². The summed E-state index contributed by atoms with van der Waals surface area (Å²) in [5.74, 6) is -0.784. The zero-order valence-corrected chi connectivity index (χ0v) is 17.3. The first kappa shape index (κ1) is 18.8. The number of carbonyl (C=O) groups excluding carboxylic acids is 1. The number of fused-ring (bicyclic) bond motifs is 1. The van der Waals surface area contributed by atoms with E-state index < -0.39 is 16.0 Å². The van der Waals surface area contributed by atoms with E-state index in [0.717, 1.165) is 28.6 Å². The smallest absolute Gasteiger partial charge is 0.356 e. The Balaban J connectivity index is 1.86. The van der Waals surface area contributed by atoms with Crippen LogP contribution in [-0.4, -0.2) is 41.4 Å². The average molecular weight is 402 g/mol. The monoisotopic (exact) mass is 401 g/mol. The number of carbonyl (C=O) groups is 1. The van der Waals surface area contributed by atoms with Crippen molar-refractivity contribution in [3.63, 3.8) is 0 Å². The number of hydrogen-bond acceptors (Lipinski definition) is 4. The summed E-state index contributed by atoms with van der Waals surface area (Å²) < 4.78 is 21.9. The third-order valence-corrected chi connectivity index (χ3v) is 6.67. The number of nitrogens with one attached hydrogen (secondary N) is 1. The molecule has 7 heteroatoms. The Morgan fingerprint density at radius 3 is 2.64 bits per heavy atom. The highest BCUT2D eigenvalue weighted by Crippen LogP contribution is 2.47. The van der Waals surface area contributed by atoms with E-state index in [1.54, 1.807) is 24.5 Å². The van der Waals surface area contributed by atoms with E-state index in [-0.39, 0.29) is 11.9 Å². The Hall–Kier alpha value is -2.54. The molecule has 148 valence electrons. The molecule has 0 spiro atoms. The van der Waals surface area contributed by atoms with Gasteiger partial charge in [0, 0.05) is 23.8 Å². The largest absolute Gasteiger partial charge is 0.464 e. The molecule has 0 unspecified atom stereocenters. The van der Waals surface area contributed by atoms with E-state index in [4.69, 9.17) is 4.74 Å². The Kier molecular flexibility index (Phi) is 4.57. The fourth-order valence-electron chi connectivity index (χ4n) is 3.41. The molecule has 2 heterocycles. The summed E-state index contributed by atoms with van der Waals surface area (Å²) in [6.07, 6.45) is 11.8. The molecule has 1 saturated carbocycles. The van der Waals surface area contributed by atoms with Gasteiger partial charge >= 0.3 is 5.97 Å². The lowest BCUT2D eigenvalue weighted by atomic mass is 10.2. The molecule has 0 aliphatic heterocycles. The molecule has 28 heavy (non-hydrogen) atoms. The standard InChI is InChI=1S/C21H24FN3O2S/c1-27-21(26)20-19(15-12-23-10-9-18(15)25(20)13-5-6-13)24-17-8-7-14(11-16(17)22)28(2,3)4/h7-13,24H,5-6H2,1-4H3. The van der Waals surface area contributed by atoms with Gasteiger partial charge in [0.25, 0.3) is 0 Å². The van der Waals surface area contributed by atoms with Gasteiger partial charge in [-0.15, -0.1) is 0 Å². The highest BCUT2D eigenvalue weighted by molar-refractivity contribution is 8.32. The van der Waals surface area contributed by atoms with E-state index >= 15 is 0 Å². The number of rotatable bonds is 5. The topological polar surface area (TPSA) is 56.1 Å². The summed E-state index contributed by atoms with van der Waals surface area (Å²) in [6.45, 7) is 0. The van der Waals surface area contributed by atoms with Crippen molar-refractivity contribution in [2.24, 2.45) is 0 Å². The lowest BCUT2D eigenvalue weighted by Crippen LogP contribution is -2.12. The van der Waals surface area contributed by atoms with Gasteiger partial charge in [-0.25, -0.2) is 19.2 Å². The Labute approximate surface area is 165 Å². The zero-order chi connectivity index (χ0) is 20.1. The van der Waals surface area contributed by atoms with Crippen molar-refractivity contribution in [1.29, 1.82) is 0 Å². The second-order valence-electron chi connectivity index (χ2n) is 7.81. The highest BCUT2D eigenvalue weighted by Gasteiger charge is 2.33. The van der Waals surface area contributed by atoms with Crippen LogP contribution < -0.4 is 5.32 Å². The molecule has 1 aromatic carbocycles. The number of pyridine rings is 1. The summed E-state index contributed by atoms with van der Waals surface area (Å²) >= 11 is 0. The molecule has 1 fully saturated rings. The summed E-state index contributed by atoms with van der Waals surface area (Å²) in [6, 6.07) is 7.39. The predicted molar refractivity (Wildman–Crippen MR) is 113 cm³/mol. The van der Waals surface area contributed by atoms with Crippen LogP contribution in [0.15, 0.2) is 41.6 Å². The van der Waals surface area contributed by atoms with Gasteiger partial charge in [0.2, 0.25) is 0 Å². The normalized spacial score (nSPS) is 14.9. The fraction of sp³-hybridized carbons (Fsp3) is 0.333. The molecule has 0 radical (unpaired) electrons. The van der Waals surface area contributed by atoms with Gasteiger partial charge in [-0.2, -0.15) is 0 Å². The molecule has 2 aromatic heterocycles. The molecule has 1 aliphatic rings. The minimum atomic E-state index is -1.03. The second kappa shape index (κ2) is 6.81. The van der Waals surface area contributed by atoms with Crippen LogP contribution in [-0.2, 0) is 4.74 Å². The number of aromatic nitrogens is 2. The van der Waals surface area contributed by atoms with Crippen molar-refractivity contribution in [2.75, 3.05) is 31.2 Å². The molecule has 1 aliphatic carbocycles. The molecule has 0 saturated heterocycles. The van der Waals surface area contributed by atoms with Crippen molar-refractivity contribution in [3.8, 4) is 0 Å². The zero-order valence-electron chi connectivity index (χ0n) is 16.5. The van der Waals surface area contributed by atoms with Gasteiger partial charge in [0.1, 0.15) is 5.82 Å². The number of methoxy groups -OCH3 is 1. The molecule has 5 nitrogen and oxygen atoms in total.